The van der Waals surface area contributed by atoms with E-state index >= 15 is 0 Å². The van der Waals surface area contributed by atoms with Gasteiger partial charge < -0.3 is 19.1 Å². The van der Waals surface area contributed by atoms with Crippen LogP contribution in [0, 0.1) is 0 Å². The maximum atomic E-state index is 13.2. The fourth-order valence-electron chi connectivity index (χ4n) is 3.75. The summed E-state index contributed by atoms with van der Waals surface area (Å²) in [5, 5.41) is 0. The zero-order valence-electron chi connectivity index (χ0n) is 17.4. The number of Topliss-reactive ketones (excluding diaryl/α,β-unsaturated/α-hetero) is 1. The molecule has 0 spiro atoms. The number of hydrogen-bond donors (Lipinski definition) is 0. The quantitative estimate of drug-likeness (QED) is 0.658. The zero-order valence-corrected chi connectivity index (χ0v) is 17.4. The van der Waals surface area contributed by atoms with Gasteiger partial charge in [0.25, 0.3) is 0 Å². The van der Waals surface area contributed by atoms with Crippen molar-refractivity contribution in [1.29, 1.82) is 0 Å². The Bertz CT molecular complexity index is 908. The Balaban J connectivity index is 1.59. The molecule has 0 fully saturated rings. The number of rotatable bonds is 6. The average Bonchev–Trinajstić information content (AvgIpc) is 3.07. The monoisotopic (exact) mass is 408 g/mol. The number of aliphatic imine (C=N–C) groups is 1. The highest BCUT2D eigenvalue weighted by Crippen LogP contribution is 2.31. The third-order valence-electron chi connectivity index (χ3n) is 5.29. The third kappa shape index (κ3) is 4.75. The van der Waals surface area contributed by atoms with Crippen LogP contribution in [0.5, 0.6) is 17.2 Å². The Hall–Kier alpha value is -3.02. The van der Waals surface area contributed by atoms with Gasteiger partial charge in [-0.1, -0.05) is 6.42 Å². The number of benzene rings is 2. The molecule has 0 radical (unpaired) electrons. The molecule has 0 unspecified atom stereocenters. The molecule has 0 saturated carbocycles. The molecule has 0 aromatic heterocycles. The smallest absolute Gasteiger partial charge is 0.182 e. The molecule has 0 saturated heterocycles. The van der Waals surface area contributed by atoms with Crippen molar-refractivity contribution in [3.05, 3.63) is 48.0 Å². The first-order valence-electron chi connectivity index (χ1n) is 10.7. The minimum absolute atomic E-state index is 0.0211. The van der Waals surface area contributed by atoms with Gasteiger partial charge in [0.2, 0.25) is 0 Å². The van der Waals surface area contributed by atoms with Gasteiger partial charge in [-0.15, -0.1) is 0 Å². The highest BCUT2D eigenvalue weighted by molar-refractivity contribution is 6.07. The summed E-state index contributed by atoms with van der Waals surface area (Å²) in [7, 11) is 0. The SMILES string of the molecule is CCOc1ccc(N(CC(=O)c2ccc3c(c2)OCCO3)C2=NCCCCC2)cc1. The van der Waals surface area contributed by atoms with Crippen molar-refractivity contribution in [3.8, 4) is 17.2 Å². The second-order valence-electron chi connectivity index (χ2n) is 7.40. The summed E-state index contributed by atoms with van der Waals surface area (Å²) in [6.45, 7) is 4.66. The Morgan fingerprint density at radius 2 is 1.83 bits per heavy atom. The second-order valence-corrected chi connectivity index (χ2v) is 7.40. The number of ether oxygens (including phenoxy) is 3. The van der Waals surface area contributed by atoms with Crippen molar-refractivity contribution in [3.63, 3.8) is 0 Å². The third-order valence-corrected chi connectivity index (χ3v) is 5.29. The van der Waals surface area contributed by atoms with E-state index in [4.69, 9.17) is 19.2 Å². The first-order chi connectivity index (χ1) is 14.7. The van der Waals surface area contributed by atoms with Crippen LogP contribution in [-0.2, 0) is 0 Å². The van der Waals surface area contributed by atoms with Crippen LogP contribution in [-0.4, -0.2) is 44.5 Å². The van der Waals surface area contributed by atoms with E-state index in [1.54, 1.807) is 12.1 Å². The summed E-state index contributed by atoms with van der Waals surface area (Å²) in [4.78, 5) is 20.0. The van der Waals surface area contributed by atoms with Crippen molar-refractivity contribution < 1.29 is 19.0 Å². The Morgan fingerprint density at radius 3 is 2.63 bits per heavy atom. The number of ketones is 1. The number of nitrogens with zero attached hydrogens (tertiary/aromatic N) is 2. The fourth-order valence-corrected chi connectivity index (χ4v) is 3.75. The van der Waals surface area contributed by atoms with Gasteiger partial charge in [0.1, 0.15) is 24.8 Å². The lowest BCUT2D eigenvalue weighted by Gasteiger charge is -2.26. The summed E-state index contributed by atoms with van der Waals surface area (Å²) in [5.41, 5.74) is 1.56. The van der Waals surface area contributed by atoms with Gasteiger partial charge in [0, 0.05) is 24.2 Å². The normalized spacial score (nSPS) is 15.7. The molecule has 2 heterocycles. The molecule has 2 aromatic rings. The van der Waals surface area contributed by atoms with E-state index in [2.05, 4.69) is 0 Å². The molecule has 0 atom stereocenters. The minimum Gasteiger partial charge on any atom is -0.494 e. The maximum absolute atomic E-state index is 13.2. The van der Waals surface area contributed by atoms with Crippen LogP contribution < -0.4 is 19.1 Å². The molecule has 158 valence electrons. The van der Waals surface area contributed by atoms with Crippen LogP contribution >= 0.6 is 0 Å². The Labute approximate surface area is 177 Å². The summed E-state index contributed by atoms with van der Waals surface area (Å²) in [6, 6.07) is 13.3. The maximum Gasteiger partial charge on any atom is 0.182 e. The van der Waals surface area contributed by atoms with Crippen LogP contribution in [0.3, 0.4) is 0 Å². The molecule has 6 heteroatoms. The van der Waals surface area contributed by atoms with Gasteiger partial charge in [0.05, 0.1) is 13.2 Å². The van der Waals surface area contributed by atoms with Gasteiger partial charge in [-0.05, 0) is 62.2 Å². The molecule has 2 aliphatic rings. The zero-order chi connectivity index (χ0) is 20.8. The van der Waals surface area contributed by atoms with Crippen LogP contribution in [0.15, 0.2) is 47.5 Å². The molecule has 0 amide bonds. The van der Waals surface area contributed by atoms with E-state index in [1.165, 1.54) is 6.42 Å². The first kappa shape index (κ1) is 20.3. The number of carbonyl (C=O) groups is 1. The van der Waals surface area contributed by atoms with E-state index < -0.39 is 0 Å². The van der Waals surface area contributed by atoms with Crippen LogP contribution in [0.4, 0.5) is 5.69 Å². The summed E-state index contributed by atoms with van der Waals surface area (Å²) in [5.74, 6) is 3.14. The predicted octanol–water partition coefficient (Wildman–Crippen LogP) is 4.52. The van der Waals surface area contributed by atoms with Crippen LogP contribution in [0.1, 0.15) is 43.0 Å². The summed E-state index contributed by atoms with van der Waals surface area (Å²) < 4.78 is 16.8. The second kappa shape index (κ2) is 9.65. The fraction of sp³-hybridized carbons (Fsp3) is 0.417. The highest BCUT2D eigenvalue weighted by atomic mass is 16.6. The predicted molar refractivity (Wildman–Crippen MR) is 117 cm³/mol. The molecular formula is C24H28N2O4. The lowest BCUT2D eigenvalue weighted by Crippen LogP contribution is -2.36. The number of fused-ring (bicyclic) bond motifs is 1. The number of hydrogen-bond acceptors (Lipinski definition) is 6. The standard InChI is InChI=1S/C24H28N2O4/c1-2-28-20-10-8-19(9-11-20)26(24-6-4-3-5-13-25-24)17-21(27)18-7-12-22-23(16-18)30-15-14-29-22/h7-12,16H,2-6,13-15,17H2,1H3. The number of anilines is 1. The van der Waals surface area contributed by atoms with Crippen molar-refractivity contribution in [2.24, 2.45) is 4.99 Å². The van der Waals surface area contributed by atoms with Crippen molar-refractivity contribution in [2.45, 2.75) is 32.6 Å². The van der Waals surface area contributed by atoms with E-state index in [9.17, 15) is 4.79 Å². The molecule has 0 N–H and O–H groups in total. The van der Waals surface area contributed by atoms with Crippen LogP contribution in [0.25, 0.3) is 0 Å². The minimum atomic E-state index is 0.0211. The topological polar surface area (TPSA) is 60.4 Å². The molecule has 2 aliphatic heterocycles. The van der Waals surface area contributed by atoms with Gasteiger partial charge in [-0.2, -0.15) is 0 Å². The lowest BCUT2D eigenvalue weighted by atomic mass is 10.1. The number of carbonyl (C=O) groups excluding carboxylic acids is 1. The first-order valence-corrected chi connectivity index (χ1v) is 10.7. The Morgan fingerprint density at radius 1 is 1.03 bits per heavy atom. The molecule has 2 aromatic carbocycles. The van der Waals surface area contributed by atoms with Gasteiger partial charge in [-0.25, -0.2) is 0 Å². The highest BCUT2D eigenvalue weighted by Gasteiger charge is 2.21. The lowest BCUT2D eigenvalue weighted by molar-refractivity contribution is 0.100. The average molecular weight is 408 g/mol. The van der Waals surface area contributed by atoms with E-state index in [-0.39, 0.29) is 12.3 Å². The molecule has 0 bridgehead atoms. The largest absolute Gasteiger partial charge is 0.494 e. The van der Waals surface area contributed by atoms with E-state index in [1.807, 2.05) is 42.2 Å². The van der Waals surface area contributed by atoms with Crippen molar-refractivity contribution in [1.82, 2.24) is 0 Å². The molecular weight excluding hydrogens is 380 g/mol. The summed E-state index contributed by atoms with van der Waals surface area (Å²) in [6.07, 6.45) is 4.23. The molecule has 30 heavy (non-hydrogen) atoms. The van der Waals surface area contributed by atoms with Crippen molar-refractivity contribution >= 4 is 17.3 Å². The van der Waals surface area contributed by atoms with Gasteiger partial charge in [-0.3, -0.25) is 9.79 Å². The molecule has 6 nitrogen and oxygen atoms in total. The number of amidine groups is 1. The summed E-state index contributed by atoms with van der Waals surface area (Å²) >= 11 is 0. The van der Waals surface area contributed by atoms with Gasteiger partial charge >= 0.3 is 0 Å². The van der Waals surface area contributed by atoms with Crippen LogP contribution in [0.2, 0.25) is 0 Å². The molecule has 0 aliphatic carbocycles. The Kier molecular flexibility index (Phi) is 6.52. The van der Waals surface area contributed by atoms with E-state index in [0.717, 1.165) is 43.1 Å². The van der Waals surface area contributed by atoms with E-state index in [0.29, 0.717) is 36.9 Å². The van der Waals surface area contributed by atoms with Gasteiger partial charge in [0.15, 0.2) is 17.3 Å². The van der Waals surface area contributed by atoms with Crippen molar-refractivity contribution in [2.75, 3.05) is 37.8 Å². The molecule has 4 rings (SSSR count).